The molecule has 2 rings (SSSR count). The number of aromatic carboxylic acids is 2. The zero-order chi connectivity index (χ0) is 20.3. The van der Waals surface area contributed by atoms with Crippen molar-refractivity contribution in [3.8, 4) is 11.1 Å². The molecule has 0 heterocycles. The predicted molar refractivity (Wildman–Crippen MR) is 90.8 cm³/mol. The van der Waals surface area contributed by atoms with Gasteiger partial charge in [-0.2, -0.15) is 0 Å². The van der Waals surface area contributed by atoms with Crippen molar-refractivity contribution in [2.24, 2.45) is 0 Å². The fraction of sp³-hybridized carbons (Fsp3) is 0.300. The number of carbonyl (C=O) groups is 2. The molecule has 0 aliphatic rings. The molecule has 7 heteroatoms. The summed E-state index contributed by atoms with van der Waals surface area (Å²) in [5.74, 6) is -2.70. The number of hydrogen-bond donors (Lipinski definition) is 0. The first-order chi connectivity index (χ1) is 12.1. The molecule has 0 unspecified atom stereocenters. The Kier molecular flexibility index (Phi) is 14.2. The molecule has 2 aromatic carbocycles. The third-order valence-corrected chi connectivity index (χ3v) is 2.58. The largest absolute Gasteiger partial charge is 4.00 e. The van der Waals surface area contributed by atoms with Crippen LogP contribution in [-0.2, 0) is 21.7 Å². The molecule has 142 valence electrons. The minimum Gasteiger partial charge on any atom is -0.852 e. The van der Waals surface area contributed by atoms with Gasteiger partial charge in [-0.3, -0.25) is 0 Å². The van der Waals surface area contributed by atoms with Crippen molar-refractivity contribution in [1.29, 1.82) is 0 Å². The van der Waals surface area contributed by atoms with Gasteiger partial charge < -0.3 is 30.0 Å². The van der Waals surface area contributed by atoms with Crippen LogP contribution in [0.2, 0.25) is 0 Å². The molecule has 0 atom stereocenters. The quantitative estimate of drug-likeness (QED) is 0.638. The van der Waals surface area contributed by atoms with Gasteiger partial charge in [0.1, 0.15) is 0 Å². The van der Waals surface area contributed by atoms with E-state index in [1.165, 1.54) is 24.3 Å². The molecule has 27 heavy (non-hydrogen) atoms. The Morgan fingerprint density at radius 1 is 0.667 bits per heavy atom. The van der Waals surface area contributed by atoms with Gasteiger partial charge in [0.25, 0.3) is 0 Å². The molecule has 0 amide bonds. The standard InChI is InChI=1S/C14H10O4.2C3H7O.Ti/c15-13(16)11-7-3-1-5-9(11)10-6-2-4-8-12(10)14(17)18;2*1-3(2)4;/h1-8H,(H,15,16)(H,17,18);2*3H,1-2H3;/q;2*-1;+4/p-2. The first-order valence-electron chi connectivity index (χ1n) is 8.00. The molecular weight excluding hydrogens is 384 g/mol. The van der Waals surface area contributed by atoms with E-state index in [1.807, 2.05) is 0 Å². The molecule has 2 aromatic rings. The maximum absolute atomic E-state index is 11.0. The molecule has 0 spiro atoms. The molecule has 6 nitrogen and oxygen atoms in total. The molecule has 0 saturated carbocycles. The second-order valence-corrected chi connectivity index (χ2v) is 5.76. The number of rotatable bonds is 3. The summed E-state index contributed by atoms with van der Waals surface area (Å²) in [6.07, 6.45) is -0.833. The van der Waals surface area contributed by atoms with E-state index in [-0.39, 0.29) is 32.8 Å². The van der Waals surface area contributed by atoms with Gasteiger partial charge in [0.15, 0.2) is 0 Å². The third-order valence-electron chi connectivity index (χ3n) is 2.58. The number of benzene rings is 2. The van der Waals surface area contributed by atoms with Gasteiger partial charge in [-0.05, 0) is 11.1 Å². The summed E-state index contributed by atoms with van der Waals surface area (Å²) in [6, 6.07) is 12.2. The van der Waals surface area contributed by atoms with Gasteiger partial charge in [0, 0.05) is 11.1 Å². The number of carboxylic acids is 2. The van der Waals surface area contributed by atoms with Crippen LogP contribution >= 0.6 is 0 Å². The van der Waals surface area contributed by atoms with Crippen molar-refractivity contribution in [2.75, 3.05) is 0 Å². The Hall–Kier alpha value is -1.99. The molecule has 0 saturated heterocycles. The van der Waals surface area contributed by atoms with Gasteiger partial charge in [0.2, 0.25) is 0 Å². The minimum absolute atomic E-state index is 0. The van der Waals surface area contributed by atoms with Crippen molar-refractivity contribution in [3.05, 3.63) is 59.7 Å². The fourth-order valence-corrected chi connectivity index (χ4v) is 1.79. The normalized spacial score (nSPS) is 9.33. The summed E-state index contributed by atoms with van der Waals surface area (Å²) >= 11 is 0. The van der Waals surface area contributed by atoms with Crippen molar-refractivity contribution in [3.63, 3.8) is 0 Å². The summed E-state index contributed by atoms with van der Waals surface area (Å²) in [5.41, 5.74) is 0.506. The van der Waals surface area contributed by atoms with E-state index in [1.54, 1.807) is 52.0 Å². The van der Waals surface area contributed by atoms with Crippen LogP contribution in [0.5, 0.6) is 0 Å². The van der Waals surface area contributed by atoms with Gasteiger partial charge in [0.05, 0.1) is 11.9 Å². The van der Waals surface area contributed by atoms with E-state index in [0.717, 1.165) is 0 Å². The Labute approximate surface area is 174 Å². The van der Waals surface area contributed by atoms with Crippen LogP contribution in [0, 0.1) is 0 Å². The van der Waals surface area contributed by atoms with Crippen LogP contribution < -0.4 is 20.4 Å². The van der Waals surface area contributed by atoms with Crippen LogP contribution in [0.3, 0.4) is 0 Å². The van der Waals surface area contributed by atoms with Crippen molar-refractivity contribution < 1.29 is 51.7 Å². The van der Waals surface area contributed by atoms with E-state index < -0.39 is 24.1 Å². The van der Waals surface area contributed by atoms with Crippen LogP contribution in [-0.4, -0.2) is 24.1 Å². The van der Waals surface area contributed by atoms with Crippen LogP contribution in [0.1, 0.15) is 48.4 Å². The van der Waals surface area contributed by atoms with E-state index in [9.17, 15) is 30.0 Å². The van der Waals surface area contributed by atoms with Gasteiger partial charge in [-0.15, -0.1) is 12.2 Å². The van der Waals surface area contributed by atoms with Gasteiger partial charge in [-0.25, -0.2) is 0 Å². The molecule has 0 N–H and O–H groups in total. The molecule has 0 bridgehead atoms. The zero-order valence-electron chi connectivity index (χ0n) is 15.7. The third kappa shape index (κ3) is 11.4. The predicted octanol–water partition coefficient (Wildman–Crippen LogP) is -0.412. The first-order valence-corrected chi connectivity index (χ1v) is 8.00. The smallest absolute Gasteiger partial charge is 0.852 e. The maximum atomic E-state index is 11.0. The first kappa shape index (κ1) is 27.2. The second kappa shape index (κ2) is 14.1. The molecule has 0 radical (unpaired) electrons. The zero-order valence-corrected chi connectivity index (χ0v) is 17.3. The Bertz CT molecular complexity index is 646. The fourth-order valence-electron chi connectivity index (χ4n) is 1.79. The Morgan fingerprint density at radius 3 is 1.11 bits per heavy atom. The maximum Gasteiger partial charge on any atom is 4.00 e. The average molecular weight is 406 g/mol. The minimum atomic E-state index is -1.35. The second-order valence-electron chi connectivity index (χ2n) is 5.76. The van der Waals surface area contributed by atoms with Crippen LogP contribution in [0.15, 0.2) is 48.5 Å². The number of carbonyl (C=O) groups excluding carboxylic acids is 2. The topological polar surface area (TPSA) is 126 Å². The van der Waals surface area contributed by atoms with E-state index in [0.29, 0.717) is 11.1 Å². The molecule has 0 aromatic heterocycles. The number of hydrogen-bond acceptors (Lipinski definition) is 6. The Morgan fingerprint density at radius 2 is 0.889 bits per heavy atom. The van der Waals surface area contributed by atoms with Gasteiger partial charge in [-0.1, -0.05) is 76.2 Å². The Balaban J connectivity index is 0. The SMILES string of the molecule is CC(C)[O-].CC(C)[O-].O=C([O-])c1ccccc1-c1ccccc1C(=O)[O-].[Ti+4]. The van der Waals surface area contributed by atoms with Gasteiger partial charge >= 0.3 is 21.7 Å². The number of carboxylic acid groups (broad SMARTS) is 2. The molecule has 0 fully saturated rings. The molecular formula is C20H22O6Ti. The van der Waals surface area contributed by atoms with Crippen LogP contribution in [0.4, 0.5) is 0 Å². The van der Waals surface area contributed by atoms with E-state index in [2.05, 4.69) is 0 Å². The summed E-state index contributed by atoms with van der Waals surface area (Å²) < 4.78 is 0. The van der Waals surface area contributed by atoms with E-state index >= 15 is 0 Å². The van der Waals surface area contributed by atoms with Crippen molar-refractivity contribution in [2.45, 2.75) is 39.9 Å². The molecule has 0 aliphatic heterocycles. The van der Waals surface area contributed by atoms with Crippen molar-refractivity contribution >= 4 is 11.9 Å². The molecule has 0 aliphatic carbocycles. The van der Waals surface area contributed by atoms with Crippen molar-refractivity contribution in [1.82, 2.24) is 0 Å². The monoisotopic (exact) mass is 406 g/mol. The summed E-state index contributed by atoms with van der Waals surface area (Å²) in [4.78, 5) is 22.0. The summed E-state index contributed by atoms with van der Waals surface area (Å²) in [6.45, 7) is 6.44. The average Bonchev–Trinajstić information content (AvgIpc) is 2.53. The summed E-state index contributed by atoms with van der Waals surface area (Å²) in [5, 5.41) is 41.1. The van der Waals surface area contributed by atoms with E-state index in [4.69, 9.17) is 0 Å². The summed E-state index contributed by atoms with van der Waals surface area (Å²) in [7, 11) is 0. The van der Waals surface area contributed by atoms with Crippen LogP contribution in [0.25, 0.3) is 11.1 Å².